The second-order valence-corrected chi connectivity index (χ2v) is 7.85. The van der Waals surface area contributed by atoms with Gasteiger partial charge in [0.1, 0.15) is 6.61 Å². The summed E-state index contributed by atoms with van der Waals surface area (Å²) in [4.78, 5) is 24.3. The van der Waals surface area contributed by atoms with Crippen LogP contribution in [0.4, 0.5) is 0 Å². The van der Waals surface area contributed by atoms with Crippen LogP contribution in [-0.2, 0) is 6.61 Å². The summed E-state index contributed by atoms with van der Waals surface area (Å²) in [5.74, 6) is -0.737. The first-order valence-electron chi connectivity index (χ1n) is 9.31. The lowest BCUT2D eigenvalue weighted by atomic mass is 10.1. The highest BCUT2D eigenvalue weighted by atomic mass is 35.5. The van der Waals surface area contributed by atoms with Crippen molar-refractivity contribution in [3.63, 3.8) is 0 Å². The number of ether oxygens (including phenoxy) is 1. The molecule has 0 bridgehead atoms. The fourth-order valence-corrected chi connectivity index (χ4v) is 3.66. The minimum atomic E-state index is -1.02. The number of benzene rings is 3. The maximum absolute atomic E-state index is 13.3. The number of carboxylic acid groups (broad SMARTS) is 1. The summed E-state index contributed by atoms with van der Waals surface area (Å²) in [6.07, 6.45) is 0. The van der Waals surface area contributed by atoms with Gasteiger partial charge in [-0.25, -0.2) is 4.79 Å². The van der Waals surface area contributed by atoms with E-state index in [0.717, 1.165) is 5.56 Å². The lowest BCUT2D eigenvalue weighted by Gasteiger charge is -2.13. The summed E-state index contributed by atoms with van der Waals surface area (Å²) in [6, 6.07) is 16.7. The van der Waals surface area contributed by atoms with Crippen LogP contribution in [-0.4, -0.2) is 11.1 Å². The van der Waals surface area contributed by atoms with E-state index in [1.165, 1.54) is 24.3 Å². The predicted octanol–water partition coefficient (Wildman–Crippen LogP) is 6.35. The van der Waals surface area contributed by atoms with Crippen molar-refractivity contribution in [2.45, 2.75) is 13.5 Å². The molecule has 31 heavy (non-hydrogen) atoms. The number of aryl methyl sites for hydroxylation is 1. The monoisotopic (exact) mass is 454 g/mol. The minimum absolute atomic E-state index is 0.0250. The van der Waals surface area contributed by atoms with Gasteiger partial charge in [-0.05, 0) is 36.8 Å². The normalized spacial score (nSPS) is 10.9. The fraction of sp³-hybridized carbons (Fsp3) is 0.0833. The topological polar surface area (TPSA) is 76.7 Å². The van der Waals surface area contributed by atoms with Crippen molar-refractivity contribution in [2.24, 2.45) is 0 Å². The Morgan fingerprint density at radius 2 is 1.71 bits per heavy atom. The zero-order valence-electron chi connectivity index (χ0n) is 16.3. The highest BCUT2D eigenvalue weighted by Crippen LogP contribution is 2.35. The molecule has 0 aliphatic carbocycles. The Morgan fingerprint density at radius 1 is 1.03 bits per heavy atom. The number of carboxylic acids is 1. The van der Waals surface area contributed by atoms with Crippen LogP contribution in [0.15, 0.2) is 69.9 Å². The average molecular weight is 455 g/mol. The van der Waals surface area contributed by atoms with Gasteiger partial charge in [0, 0.05) is 10.6 Å². The summed E-state index contributed by atoms with van der Waals surface area (Å²) < 4.78 is 11.9. The Hall–Kier alpha value is -3.28. The molecule has 4 rings (SSSR count). The van der Waals surface area contributed by atoms with E-state index in [-0.39, 0.29) is 39.7 Å². The predicted molar refractivity (Wildman–Crippen MR) is 120 cm³/mol. The zero-order valence-corrected chi connectivity index (χ0v) is 17.8. The molecule has 1 aromatic heterocycles. The lowest BCUT2D eigenvalue weighted by Crippen LogP contribution is -2.10. The van der Waals surface area contributed by atoms with E-state index in [9.17, 15) is 9.59 Å². The first-order chi connectivity index (χ1) is 14.8. The van der Waals surface area contributed by atoms with Crippen LogP contribution in [0.2, 0.25) is 10.0 Å². The van der Waals surface area contributed by atoms with Gasteiger partial charge in [0.15, 0.2) is 11.3 Å². The molecule has 0 radical (unpaired) electrons. The lowest BCUT2D eigenvalue weighted by molar-refractivity contribution is 0.0697. The molecule has 0 saturated heterocycles. The average Bonchev–Trinajstić information content (AvgIpc) is 2.74. The van der Waals surface area contributed by atoms with E-state index < -0.39 is 11.4 Å². The Bertz CT molecular complexity index is 1340. The van der Waals surface area contributed by atoms with Crippen molar-refractivity contribution in [2.75, 3.05) is 0 Å². The van der Waals surface area contributed by atoms with E-state index in [4.69, 9.17) is 37.5 Å². The van der Waals surface area contributed by atoms with E-state index in [1.54, 1.807) is 12.1 Å². The molecule has 7 heteroatoms. The fourth-order valence-electron chi connectivity index (χ4n) is 3.13. The van der Waals surface area contributed by atoms with Crippen LogP contribution in [0.3, 0.4) is 0 Å². The smallest absolute Gasteiger partial charge is 0.335 e. The van der Waals surface area contributed by atoms with Crippen LogP contribution in [0.25, 0.3) is 22.3 Å². The second kappa shape index (κ2) is 8.46. The number of fused-ring (bicyclic) bond motifs is 1. The van der Waals surface area contributed by atoms with Crippen molar-refractivity contribution in [1.82, 2.24) is 0 Å². The van der Waals surface area contributed by atoms with Crippen molar-refractivity contribution in [1.29, 1.82) is 0 Å². The number of aromatic carboxylic acids is 1. The second-order valence-electron chi connectivity index (χ2n) is 7.01. The van der Waals surface area contributed by atoms with Gasteiger partial charge in [0.05, 0.1) is 16.0 Å². The molecular weight excluding hydrogens is 439 g/mol. The van der Waals surface area contributed by atoms with Crippen LogP contribution >= 0.6 is 23.2 Å². The van der Waals surface area contributed by atoms with Gasteiger partial charge in [-0.3, -0.25) is 4.79 Å². The van der Waals surface area contributed by atoms with Gasteiger partial charge in [-0.2, -0.15) is 0 Å². The molecule has 0 spiro atoms. The van der Waals surface area contributed by atoms with Gasteiger partial charge in [-0.1, -0.05) is 65.2 Å². The molecule has 0 aliphatic heterocycles. The van der Waals surface area contributed by atoms with Gasteiger partial charge in [0.2, 0.25) is 11.2 Å². The maximum Gasteiger partial charge on any atom is 0.335 e. The van der Waals surface area contributed by atoms with Crippen LogP contribution in [0, 0.1) is 6.92 Å². The van der Waals surface area contributed by atoms with Gasteiger partial charge in [0.25, 0.3) is 0 Å². The SMILES string of the molecule is Cc1ccc(-c2oc3c(Cl)cc(Cl)cc3c(=O)c2OCc2ccc(C(=O)O)cc2)cc1. The molecule has 0 amide bonds. The third kappa shape index (κ3) is 4.29. The van der Waals surface area contributed by atoms with Gasteiger partial charge >= 0.3 is 5.97 Å². The molecular formula is C24H16Cl2O5. The van der Waals surface area contributed by atoms with Gasteiger partial charge < -0.3 is 14.3 Å². The molecule has 156 valence electrons. The summed E-state index contributed by atoms with van der Waals surface area (Å²) in [6.45, 7) is 2.00. The Morgan fingerprint density at radius 3 is 2.35 bits per heavy atom. The molecule has 0 unspecified atom stereocenters. The number of carbonyl (C=O) groups is 1. The van der Waals surface area contributed by atoms with Crippen molar-refractivity contribution in [3.8, 4) is 17.1 Å². The number of hydrogen-bond donors (Lipinski definition) is 1. The number of hydrogen-bond acceptors (Lipinski definition) is 4. The van der Waals surface area contributed by atoms with E-state index in [1.807, 2.05) is 31.2 Å². The molecule has 4 aromatic rings. The Labute approximate surface area is 187 Å². The molecule has 0 aliphatic rings. The van der Waals surface area contributed by atoms with Crippen molar-refractivity contribution in [3.05, 3.63) is 97.6 Å². The molecule has 1 heterocycles. The number of halogens is 2. The molecule has 0 fully saturated rings. The van der Waals surface area contributed by atoms with Crippen molar-refractivity contribution >= 4 is 40.1 Å². The van der Waals surface area contributed by atoms with Crippen LogP contribution < -0.4 is 10.2 Å². The first kappa shape index (κ1) is 21.0. The molecule has 1 N–H and O–H groups in total. The van der Waals surface area contributed by atoms with Crippen molar-refractivity contribution < 1.29 is 19.1 Å². The highest BCUT2D eigenvalue weighted by molar-refractivity contribution is 6.38. The summed E-state index contributed by atoms with van der Waals surface area (Å²) in [7, 11) is 0. The highest BCUT2D eigenvalue weighted by Gasteiger charge is 2.20. The van der Waals surface area contributed by atoms with E-state index >= 15 is 0 Å². The minimum Gasteiger partial charge on any atom is -0.481 e. The van der Waals surface area contributed by atoms with E-state index in [0.29, 0.717) is 16.1 Å². The Kier molecular flexibility index (Phi) is 5.72. The van der Waals surface area contributed by atoms with Crippen LogP contribution in [0.1, 0.15) is 21.5 Å². The third-order valence-corrected chi connectivity index (χ3v) is 5.27. The molecule has 0 atom stereocenters. The molecule has 0 saturated carbocycles. The zero-order chi connectivity index (χ0) is 22.1. The Balaban J connectivity index is 1.82. The number of rotatable bonds is 5. The summed E-state index contributed by atoms with van der Waals surface area (Å²) in [5, 5.41) is 9.79. The first-order valence-corrected chi connectivity index (χ1v) is 10.1. The largest absolute Gasteiger partial charge is 0.481 e. The van der Waals surface area contributed by atoms with E-state index in [2.05, 4.69) is 0 Å². The summed E-state index contributed by atoms with van der Waals surface area (Å²) in [5.41, 5.74) is 2.40. The standard InChI is InChI=1S/C24H16Cl2O5/c1-13-2-6-15(7-3-13)21-23(30-12-14-4-8-16(9-5-14)24(28)29)20(27)18-10-17(25)11-19(26)22(18)31-21/h2-11H,12H2,1H3,(H,28,29). The molecule has 5 nitrogen and oxygen atoms in total. The van der Waals surface area contributed by atoms with Gasteiger partial charge in [-0.15, -0.1) is 0 Å². The van der Waals surface area contributed by atoms with Crippen LogP contribution in [0.5, 0.6) is 5.75 Å². The maximum atomic E-state index is 13.3. The quantitative estimate of drug-likeness (QED) is 0.379. The third-order valence-electron chi connectivity index (χ3n) is 4.77. The molecule has 3 aromatic carbocycles. The summed E-state index contributed by atoms with van der Waals surface area (Å²) >= 11 is 12.4.